The molecule has 0 aliphatic heterocycles. The number of aliphatic hydroxyl groups excluding tert-OH is 1. The number of aliphatic hydroxyl groups is 1. The molecule has 5 atom stereocenters. The molecular weight excluding hydrogens is 390 g/mol. The van der Waals surface area contributed by atoms with Crippen LogP contribution in [0.3, 0.4) is 0 Å². The van der Waals surface area contributed by atoms with Crippen molar-refractivity contribution < 1.29 is 19.4 Å². The summed E-state index contributed by atoms with van der Waals surface area (Å²) in [5.74, 6) is 0.414. The molecule has 0 saturated heterocycles. The molecule has 6 heteroatoms. The third kappa shape index (κ3) is 5.28. The van der Waals surface area contributed by atoms with Crippen LogP contribution in [0.1, 0.15) is 37.4 Å². The van der Waals surface area contributed by atoms with Gasteiger partial charge in [0.15, 0.2) is 0 Å². The Morgan fingerprint density at radius 3 is 2.83 bits per heavy atom. The van der Waals surface area contributed by atoms with Gasteiger partial charge in [-0.1, -0.05) is 54.1 Å². The van der Waals surface area contributed by atoms with Gasteiger partial charge in [-0.2, -0.15) is 0 Å². The van der Waals surface area contributed by atoms with E-state index in [1.54, 1.807) is 18.2 Å². The van der Waals surface area contributed by atoms with Crippen molar-refractivity contribution in [3.63, 3.8) is 0 Å². The minimum Gasteiger partial charge on any atom is -0.469 e. The molecule has 0 aromatic heterocycles. The molecule has 2 aliphatic carbocycles. The zero-order valence-electron chi connectivity index (χ0n) is 16.6. The van der Waals surface area contributed by atoms with Crippen molar-refractivity contribution in [1.82, 2.24) is 5.32 Å². The second-order valence-corrected chi connectivity index (χ2v) is 8.14. The number of benzene rings is 1. The molecule has 1 saturated carbocycles. The Balaban J connectivity index is 1.55. The molecule has 1 aromatic rings. The minimum atomic E-state index is -0.839. The summed E-state index contributed by atoms with van der Waals surface area (Å²) in [7, 11) is 1.39. The number of rotatable bonds is 9. The van der Waals surface area contributed by atoms with Crippen molar-refractivity contribution in [1.29, 1.82) is 0 Å². The fourth-order valence-electron chi connectivity index (χ4n) is 4.38. The SMILES string of the molecule is COC(=O)CCCC=CC1C2C=CC(C2)C1C(=O)NCC(O)c1ccccc1Cl. The van der Waals surface area contributed by atoms with Gasteiger partial charge in [0, 0.05) is 23.6 Å². The van der Waals surface area contributed by atoms with Gasteiger partial charge in [-0.3, -0.25) is 9.59 Å². The molecule has 29 heavy (non-hydrogen) atoms. The molecule has 1 aromatic carbocycles. The highest BCUT2D eigenvalue weighted by Crippen LogP contribution is 2.48. The number of hydrogen-bond acceptors (Lipinski definition) is 4. The Hall–Kier alpha value is -2.11. The van der Waals surface area contributed by atoms with Crippen molar-refractivity contribution in [2.75, 3.05) is 13.7 Å². The summed E-state index contributed by atoms with van der Waals surface area (Å²) in [5, 5.41) is 13.8. The van der Waals surface area contributed by atoms with Gasteiger partial charge >= 0.3 is 5.97 Å². The summed E-state index contributed by atoms with van der Waals surface area (Å²) in [6.07, 6.45) is 10.6. The lowest BCUT2D eigenvalue weighted by Gasteiger charge is -2.25. The van der Waals surface area contributed by atoms with Crippen LogP contribution in [0.2, 0.25) is 5.02 Å². The Kier molecular flexibility index (Phi) is 7.51. The normalized spacial score (nSPS) is 26.0. The monoisotopic (exact) mass is 417 g/mol. The van der Waals surface area contributed by atoms with Gasteiger partial charge in [0.2, 0.25) is 5.91 Å². The quantitative estimate of drug-likeness (QED) is 0.364. The van der Waals surface area contributed by atoms with Gasteiger partial charge in [-0.15, -0.1) is 0 Å². The molecule has 0 heterocycles. The topological polar surface area (TPSA) is 75.6 Å². The van der Waals surface area contributed by atoms with Crippen LogP contribution in [0, 0.1) is 23.7 Å². The summed E-state index contributed by atoms with van der Waals surface area (Å²) in [6.45, 7) is 0.135. The van der Waals surface area contributed by atoms with Crippen molar-refractivity contribution in [3.8, 4) is 0 Å². The number of methoxy groups -OCH3 is 1. The first-order chi connectivity index (χ1) is 14.0. The van der Waals surface area contributed by atoms with E-state index in [1.165, 1.54) is 7.11 Å². The average molecular weight is 418 g/mol. The molecule has 2 aliphatic rings. The van der Waals surface area contributed by atoms with Crippen LogP contribution in [-0.4, -0.2) is 30.6 Å². The van der Waals surface area contributed by atoms with E-state index in [4.69, 9.17) is 11.6 Å². The second kappa shape index (κ2) is 10.1. The Morgan fingerprint density at radius 2 is 2.07 bits per heavy atom. The van der Waals surface area contributed by atoms with Crippen molar-refractivity contribution >= 4 is 23.5 Å². The highest BCUT2D eigenvalue weighted by molar-refractivity contribution is 6.31. The molecular formula is C23H28ClNO4. The van der Waals surface area contributed by atoms with Crippen molar-refractivity contribution in [2.24, 2.45) is 23.7 Å². The van der Waals surface area contributed by atoms with E-state index in [2.05, 4.69) is 34.4 Å². The highest BCUT2D eigenvalue weighted by Gasteiger charge is 2.46. The number of esters is 1. The smallest absolute Gasteiger partial charge is 0.305 e. The Bertz CT molecular complexity index is 791. The summed E-state index contributed by atoms with van der Waals surface area (Å²) in [5.41, 5.74) is 0.615. The summed E-state index contributed by atoms with van der Waals surface area (Å²) in [4.78, 5) is 24.1. The largest absolute Gasteiger partial charge is 0.469 e. The van der Waals surface area contributed by atoms with E-state index in [0.29, 0.717) is 22.9 Å². The number of carbonyl (C=O) groups is 2. The Morgan fingerprint density at radius 1 is 1.31 bits per heavy atom. The first-order valence-electron chi connectivity index (χ1n) is 10.1. The van der Waals surface area contributed by atoms with Crippen LogP contribution < -0.4 is 5.32 Å². The van der Waals surface area contributed by atoms with E-state index < -0.39 is 6.10 Å². The fraction of sp³-hybridized carbons (Fsp3) is 0.478. The van der Waals surface area contributed by atoms with Crippen LogP contribution >= 0.6 is 11.6 Å². The number of hydrogen-bond donors (Lipinski definition) is 2. The van der Waals surface area contributed by atoms with E-state index >= 15 is 0 Å². The zero-order valence-corrected chi connectivity index (χ0v) is 17.3. The Labute approximate surface area is 176 Å². The van der Waals surface area contributed by atoms with E-state index in [9.17, 15) is 14.7 Å². The third-order valence-corrected chi connectivity index (χ3v) is 6.24. The predicted octanol–water partition coefficient (Wildman–Crippen LogP) is 3.83. The summed E-state index contributed by atoms with van der Waals surface area (Å²) >= 11 is 6.13. The zero-order chi connectivity index (χ0) is 20.8. The number of fused-ring (bicyclic) bond motifs is 2. The summed E-state index contributed by atoms with van der Waals surface area (Å²) < 4.78 is 4.65. The van der Waals surface area contributed by atoms with Crippen LogP contribution in [0.15, 0.2) is 48.6 Å². The van der Waals surface area contributed by atoms with Crippen LogP contribution in [0.25, 0.3) is 0 Å². The third-order valence-electron chi connectivity index (χ3n) is 5.89. The van der Waals surface area contributed by atoms with Crippen molar-refractivity contribution in [2.45, 2.75) is 31.8 Å². The first kappa shape index (κ1) is 21.6. The number of halogens is 1. The molecule has 1 amide bonds. The molecule has 1 fully saturated rings. The number of unbranched alkanes of at least 4 members (excludes halogenated alkanes) is 1. The lowest BCUT2D eigenvalue weighted by atomic mass is 9.82. The van der Waals surface area contributed by atoms with Crippen LogP contribution in [0.4, 0.5) is 0 Å². The average Bonchev–Trinajstić information content (AvgIpc) is 3.33. The van der Waals surface area contributed by atoms with Crippen molar-refractivity contribution in [3.05, 3.63) is 59.2 Å². The first-order valence-corrected chi connectivity index (χ1v) is 10.5. The lowest BCUT2D eigenvalue weighted by Crippen LogP contribution is -2.38. The number of carbonyl (C=O) groups excluding carboxylic acids is 2. The number of allylic oxidation sites excluding steroid dienone is 4. The predicted molar refractivity (Wildman–Crippen MR) is 112 cm³/mol. The molecule has 0 radical (unpaired) electrons. The molecule has 0 spiro atoms. The molecule has 156 valence electrons. The minimum absolute atomic E-state index is 0.0304. The highest BCUT2D eigenvalue weighted by atomic mass is 35.5. The summed E-state index contributed by atoms with van der Waals surface area (Å²) in [6, 6.07) is 7.11. The number of nitrogens with one attached hydrogen (secondary N) is 1. The molecule has 5 nitrogen and oxygen atoms in total. The maximum absolute atomic E-state index is 12.9. The van der Waals surface area contributed by atoms with Gasteiger partial charge in [-0.25, -0.2) is 0 Å². The van der Waals surface area contributed by atoms with E-state index in [0.717, 1.165) is 19.3 Å². The molecule has 3 rings (SSSR count). The molecule has 2 bridgehead atoms. The second-order valence-electron chi connectivity index (χ2n) is 7.73. The lowest BCUT2D eigenvalue weighted by molar-refractivity contribution is -0.140. The van der Waals surface area contributed by atoms with Crippen LogP contribution in [-0.2, 0) is 14.3 Å². The van der Waals surface area contributed by atoms with Gasteiger partial charge in [0.05, 0.1) is 19.1 Å². The molecule has 5 unspecified atom stereocenters. The van der Waals surface area contributed by atoms with Gasteiger partial charge in [-0.05, 0) is 43.1 Å². The molecule has 2 N–H and O–H groups in total. The van der Waals surface area contributed by atoms with Gasteiger partial charge < -0.3 is 15.2 Å². The number of amides is 1. The van der Waals surface area contributed by atoms with E-state index in [1.807, 2.05) is 6.07 Å². The van der Waals surface area contributed by atoms with E-state index in [-0.39, 0.29) is 36.2 Å². The fourth-order valence-corrected chi connectivity index (χ4v) is 4.64. The van der Waals surface area contributed by atoms with Gasteiger partial charge in [0.25, 0.3) is 0 Å². The van der Waals surface area contributed by atoms with Crippen LogP contribution in [0.5, 0.6) is 0 Å². The number of ether oxygens (including phenoxy) is 1. The maximum atomic E-state index is 12.9. The standard InChI is InChI=1S/C23H28ClNO4/c1-29-21(27)10-4-2-3-7-17-15-11-12-16(13-15)22(17)23(28)25-14-20(26)18-8-5-6-9-19(18)24/h3,5-9,11-12,15-17,20,22,26H,2,4,10,13-14H2,1H3,(H,25,28). The van der Waals surface area contributed by atoms with Gasteiger partial charge in [0.1, 0.15) is 0 Å². The maximum Gasteiger partial charge on any atom is 0.305 e.